The molecule has 2 aromatic heterocycles. The standard InChI is InChI=1S/C35H43F3N3O8PS/c1-3-9-29-34(49-25-22-24(2)51-23-25,13-7-17-41(29)31(42)30-27(35(36,37)38)11-6-16-39-30)32(43)40-18-14-33(44,15-19-40)26-10-4-5-12-28(26)48-20-8-21-50(45,46)47/h4-6,10-12,16,22-23,29,44H,3,7-9,13-15,17-21H2,1-2H3,(H2,45,46,47)/t29-,34+/m1/s1. The predicted octanol–water partition coefficient (Wildman–Crippen LogP) is 6.15. The number of aliphatic hydroxyl groups is 1. The van der Waals surface area contributed by atoms with Crippen LogP contribution in [0.3, 0.4) is 0 Å². The molecular weight excluding hydrogens is 710 g/mol. The third-order valence-corrected chi connectivity index (χ3v) is 11.2. The Bertz CT molecular complexity index is 1740. The Morgan fingerprint density at radius 2 is 1.82 bits per heavy atom. The van der Waals surface area contributed by atoms with Gasteiger partial charge < -0.3 is 34.2 Å². The van der Waals surface area contributed by atoms with Crippen LogP contribution in [0.25, 0.3) is 0 Å². The minimum Gasteiger partial charge on any atom is -0.493 e. The summed E-state index contributed by atoms with van der Waals surface area (Å²) in [6, 6.07) is 9.68. The van der Waals surface area contributed by atoms with Crippen molar-refractivity contribution in [3.05, 3.63) is 75.7 Å². The fourth-order valence-corrected chi connectivity index (χ4v) is 8.22. The normalized spacial score (nSPS) is 21.0. The highest BCUT2D eigenvalue weighted by molar-refractivity contribution is 7.51. The van der Waals surface area contributed by atoms with Gasteiger partial charge in [-0.05, 0) is 63.3 Å². The van der Waals surface area contributed by atoms with Crippen LogP contribution in [0.1, 0.15) is 78.4 Å². The molecule has 4 heterocycles. The molecule has 2 aliphatic rings. The molecular formula is C35H43F3N3O8PS. The number of pyridine rings is 1. The number of hydrogen-bond acceptors (Lipinski definition) is 8. The number of piperidine rings is 2. The number of amides is 2. The second-order valence-electron chi connectivity index (χ2n) is 13.1. The minimum absolute atomic E-state index is 0.0295. The van der Waals surface area contributed by atoms with Crippen LogP contribution in [0, 0.1) is 6.92 Å². The second kappa shape index (κ2) is 15.6. The summed E-state index contributed by atoms with van der Waals surface area (Å²) in [6.45, 7) is 4.12. The number of carbonyl (C=O) groups is 2. The van der Waals surface area contributed by atoms with Crippen LogP contribution in [0.5, 0.6) is 11.5 Å². The van der Waals surface area contributed by atoms with E-state index in [1.54, 1.807) is 40.6 Å². The van der Waals surface area contributed by atoms with Crippen molar-refractivity contribution >= 4 is 30.7 Å². The van der Waals surface area contributed by atoms with E-state index in [0.29, 0.717) is 29.9 Å². The number of para-hydroxylation sites is 1. The van der Waals surface area contributed by atoms with E-state index < -0.39 is 54.1 Å². The average molecular weight is 754 g/mol. The van der Waals surface area contributed by atoms with Crippen molar-refractivity contribution in [3.63, 3.8) is 0 Å². The second-order valence-corrected chi connectivity index (χ2v) is 16.0. The third-order valence-electron chi connectivity index (χ3n) is 9.49. The fourth-order valence-electron chi connectivity index (χ4n) is 7.07. The summed E-state index contributed by atoms with van der Waals surface area (Å²) in [5.41, 5.74) is -4.41. The lowest BCUT2D eigenvalue weighted by Crippen LogP contribution is -2.68. The van der Waals surface area contributed by atoms with Crippen molar-refractivity contribution < 1.29 is 51.7 Å². The first kappa shape index (κ1) is 38.7. The maximum absolute atomic E-state index is 14.9. The van der Waals surface area contributed by atoms with E-state index in [1.165, 1.54) is 16.2 Å². The molecule has 0 spiro atoms. The lowest BCUT2D eigenvalue weighted by Gasteiger charge is -2.51. The van der Waals surface area contributed by atoms with E-state index in [0.717, 1.165) is 23.2 Å². The number of nitrogens with zero attached hydrogens (tertiary/aromatic N) is 3. The van der Waals surface area contributed by atoms with Crippen LogP contribution in [-0.2, 0) is 21.1 Å². The summed E-state index contributed by atoms with van der Waals surface area (Å²) in [6.07, 6.45) is -2.35. The van der Waals surface area contributed by atoms with Gasteiger partial charge in [0.25, 0.3) is 11.8 Å². The smallest absolute Gasteiger partial charge is 0.418 e. The molecule has 278 valence electrons. The molecule has 5 rings (SSSR count). The highest BCUT2D eigenvalue weighted by atomic mass is 32.1. The summed E-state index contributed by atoms with van der Waals surface area (Å²) in [4.78, 5) is 54.9. The maximum atomic E-state index is 14.9. The minimum atomic E-state index is -4.82. The molecule has 51 heavy (non-hydrogen) atoms. The van der Waals surface area contributed by atoms with Gasteiger partial charge in [-0.2, -0.15) is 13.2 Å². The van der Waals surface area contributed by atoms with Gasteiger partial charge in [0, 0.05) is 48.1 Å². The van der Waals surface area contributed by atoms with E-state index in [4.69, 9.17) is 9.47 Å². The van der Waals surface area contributed by atoms with Crippen molar-refractivity contribution in [2.24, 2.45) is 0 Å². The molecule has 3 aromatic rings. The highest BCUT2D eigenvalue weighted by Crippen LogP contribution is 2.43. The summed E-state index contributed by atoms with van der Waals surface area (Å²) >= 11 is 1.42. The van der Waals surface area contributed by atoms with Crippen molar-refractivity contribution in [2.45, 2.75) is 82.2 Å². The van der Waals surface area contributed by atoms with Gasteiger partial charge in [0.15, 0.2) is 0 Å². The quantitative estimate of drug-likeness (QED) is 0.146. The summed E-state index contributed by atoms with van der Waals surface area (Å²) in [5.74, 6) is -0.541. The number of hydrogen-bond donors (Lipinski definition) is 3. The van der Waals surface area contributed by atoms with Gasteiger partial charge in [0.1, 0.15) is 17.2 Å². The molecule has 11 nitrogen and oxygen atoms in total. The van der Waals surface area contributed by atoms with E-state index in [-0.39, 0.29) is 64.5 Å². The Labute approximate surface area is 298 Å². The molecule has 0 aliphatic carbocycles. The van der Waals surface area contributed by atoms with Crippen LogP contribution in [0.15, 0.2) is 54.0 Å². The number of thiophene rings is 1. The Kier molecular flexibility index (Phi) is 11.9. The number of carbonyl (C=O) groups excluding carboxylic acids is 2. The first-order valence-corrected chi connectivity index (χ1v) is 19.6. The number of likely N-dealkylation sites (tertiary alicyclic amines) is 2. The number of aryl methyl sites for hydroxylation is 1. The molecule has 16 heteroatoms. The van der Waals surface area contributed by atoms with Gasteiger partial charge in [-0.1, -0.05) is 31.5 Å². The van der Waals surface area contributed by atoms with Gasteiger partial charge in [-0.3, -0.25) is 19.1 Å². The van der Waals surface area contributed by atoms with Gasteiger partial charge in [0.05, 0.1) is 30.0 Å². The Morgan fingerprint density at radius 3 is 2.47 bits per heavy atom. The van der Waals surface area contributed by atoms with Crippen LogP contribution < -0.4 is 9.47 Å². The molecule has 2 saturated heterocycles. The largest absolute Gasteiger partial charge is 0.493 e. The Hall–Kier alpha value is -3.49. The number of benzene rings is 1. The predicted molar refractivity (Wildman–Crippen MR) is 184 cm³/mol. The van der Waals surface area contributed by atoms with Gasteiger partial charge in [-0.25, -0.2) is 0 Å². The lowest BCUT2D eigenvalue weighted by molar-refractivity contribution is -0.163. The van der Waals surface area contributed by atoms with Crippen LogP contribution in [-0.4, -0.2) is 85.5 Å². The number of halogens is 3. The van der Waals surface area contributed by atoms with Gasteiger partial charge >= 0.3 is 13.8 Å². The highest BCUT2D eigenvalue weighted by Gasteiger charge is 2.56. The summed E-state index contributed by atoms with van der Waals surface area (Å²) in [5, 5.41) is 13.6. The maximum Gasteiger partial charge on any atom is 0.418 e. The van der Waals surface area contributed by atoms with Crippen LogP contribution in [0.4, 0.5) is 13.2 Å². The molecule has 0 radical (unpaired) electrons. The number of aromatic nitrogens is 1. The van der Waals surface area contributed by atoms with E-state index >= 15 is 0 Å². The van der Waals surface area contributed by atoms with Crippen molar-refractivity contribution in [2.75, 3.05) is 32.4 Å². The van der Waals surface area contributed by atoms with E-state index in [2.05, 4.69) is 4.98 Å². The summed E-state index contributed by atoms with van der Waals surface area (Å²) in [7, 11) is -4.18. The zero-order valence-electron chi connectivity index (χ0n) is 28.5. The number of ether oxygens (including phenoxy) is 2. The first-order chi connectivity index (χ1) is 24.1. The van der Waals surface area contributed by atoms with Crippen molar-refractivity contribution in [1.82, 2.24) is 14.8 Å². The van der Waals surface area contributed by atoms with Crippen molar-refractivity contribution in [3.8, 4) is 11.5 Å². The lowest BCUT2D eigenvalue weighted by atomic mass is 9.78. The Balaban J connectivity index is 1.43. The molecule has 0 unspecified atom stereocenters. The first-order valence-electron chi connectivity index (χ1n) is 16.9. The monoisotopic (exact) mass is 753 g/mol. The van der Waals surface area contributed by atoms with Crippen molar-refractivity contribution in [1.29, 1.82) is 0 Å². The topological polar surface area (TPSA) is 150 Å². The van der Waals surface area contributed by atoms with E-state index in [9.17, 15) is 42.2 Å². The van der Waals surface area contributed by atoms with E-state index in [1.807, 2.05) is 13.8 Å². The molecule has 0 bridgehead atoms. The SMILES string of the molecule is CCC[C@H]1N(C(=O)c2ncccc2C(F)(F)F)CCC[C@@]1(Oc1csc(C)c1)C(=O)N1CCC(O)(c2ccccc2OCCCP(=O)(O)O)CC1. The molecule has 2 fully saturated rings. The van der Waals surface area contributed by atoms with Gasteiger partial charge in [-0.15, -0.1) is 11.3 Å². The molecule has 2 atom stereocenters. The third kappa shape index (κ3) is 8.77. The fraction of sp³-hybridized carbons (Fsp3) is 0.514. The molecule has 0 saturated carbocycles. The molecule has 1 aromatic carbocycles. The van der Waals surface area contributed by atoms with Gasteiger partial charge in [0.2, 0.25) is 5.60 Å². The molecule has 3 N–H and O–H groups in total. The van der Waals surface area contributed by atoms with Crippen LogP contribution >= 0.6 is 18.9 Å². The molecule has 2 amide bonds. The van der Waals surface area contributed by atoms with Crippen LogP contribution in [0.2, 0.25) is 0 Å². The Morgan fingerprint density at radius 1 is 1.10 bits per heavy atom. The summed E-state index contributed by atoms with van der Waals surface area (Å²) < 4.78 is 65.8. The zero-order chi connectivity index (χ0) is 37.0. The average Bonchev–Trinajstić information content (AvgIpc) is 3.50. The zero-order valence-corrected chi connectivity index (χ0v) is 30.2. The number of rotatable bonds is 12. The number of alkyl halides is 3. The molecule has 2 aliphatic heterocycles.